The van der Waals surface area contributed by atoms with Gasteiger partial charge in [0.05, 0.1) is 16.7 Å². The second kappa shape index (κ2) is 8.76. The van der Waals surface area contributed by atoms with Gasteiger partial charge in [-0.15, -0.1) is 0 Å². The highest BCUT2D eigenvalue weighted by atomic mass is 35.5. The van der Waals surface area contributed by atoms with Crippen LogP contribution in [0, 0.1) is 5.41 Å². The minimum atomic E-state index is -1.40. The van der Waals surface area contributed by atoms with Crippen LogP contribution in [0.3, 0.4) is 0 Å². The van der Waals surface area contributed by atoms with Gasteiger partial charge in [0.15, 0.2) is 11.2 Å². The number of esters is 2. The van der Waals surface area contributed by atoms with Crippen LogP contribution in [0.2, 0.25) is 15.1 Å². The van der Waals surface area contributed by atoms with Crippen molar-refractivity contribution in [2.45, 2.75) is 40.0 Å². The number of benzene rings is 1. The summed E-state index contributed by atoms with van der Waals surface area (Å²) in [6, 6.07) is 2.96. The van der Waals surface area contributed by atoms with Crippen molar-refractivity contribution in [1.82, 2.24) is 0 Å². The number of halogens is 3. The van der Waals surface area contributed by atoms with E-state index in [4.69, 9.17) is 44.3 Å². The molecule has 0 saturated heterocycles. The molecule has 23 heavy (non-hydrogen) atoms. The molecule has 0 radical (unpaired) electrons. The molecule has 4 nitrogen and oxygen atoms in total. The average molecular weight is 382 g/mol. The third kappa shape index (κ3) is 4.31. The van der Waals surface area contributed by atoms with Gasteiger partial charge in [-0.2, -0.15) is 0 Å². The van der Waals surface area contributed by atoms with Crippen LogP contribution in [-0.4, -0.2) is 18.5 Å². The third-order valence-electron chi connectivity index (χ3n) is 3.62. The fraction of sp³-hybridized carbons (Fsp3) is 0.500. The van der Waals surface area contributed by atoms with Gasteiger partial charge in [-0.25, -0.2) is 0 Å². The molecule has 1 aromatic rings. The van der Waals surface area contributed by atoms with Gasteiger partial charge < -0.3 is 9.47 Å². The Morgan fingerprint density at radius 1 is 1.00 bits per heavy atom. The Bertz CT molecular complexity index is 583. The van der Waals surface area contributed by atoms with Crippen molar-refractivity contribution in [3.8, 4) is 5.75 Å². The van der Waals surface area contributed by atoms with Crippen LogP contribution in [0.15, 0.2) is 12.1 Å². The van der Waals surface area contributed by atoms with Crippen molar-refractivity contribution < 1.29 is 19.1 Å². The molecule has 0 aliphatic rings. The Morgan fingerprint density at radius 2 is 1.57 bits per heavy atom. The average Bonchev–Trinajstić information content (AvgIpc) is 2.54. The van der Waals surface area contributed by atoms with Gasteiger partial charge in [-0.1, -0.05) is 55.6 Å². The van der Waals surface area contributed by atoms with Crippen LogP contribution in [0.1, 0.15) is 40.0 Å². The first kappa shape index (κ1) is 20.1. The van der Waals surface area contributed by atoms with Gasteiger partial charge in [0.25, 0.3) is 0 Å². The summed E-state index contributed by atoms with van der Waals surface area (Å²) in [7, 11) is 0. The van der Waals surface area contributed by atoms with Crippen molar-refractivity contribution in [1.29, 1.82) is 0 Å². The van der Waals surface area contributed by atoms with Crippen LogP contribution in [0.25, 0.3) is 0 Å². The number of hydrogen-bond acceptors (Lipinski definition) is 4. The molecule has 0 saturated carbocycles. The molecule has 0 atom stereocenters. The molecule has 0 aliphatic carbocycles. The largest absolute Gasteiger partial charge is 0.465 e. The molecular weight excluding hydrogens is 363 g/mol. The van der Waals surface area contributed by atoms with E-state index in [1.165, 1.54) is 12.1 Å². The van der Waals surface area contributed by atoms with Crippen LogP contribution in [0.5, 0.6) is 5.75 Å². The minimum Gasteiger partial charge on any atom is -0.465 e. The maximum Gasteiger partial charge on any atom is 0.328 e. The van der Waals surface area contributed by atoms with Gasteiger partial charge in [0.1, 0.15) is 5.02 Å². The normalized spacial score (nSPS) is 11.2. The molecule has 0 N–H and O–H groups in total. The van der Waals surface area contributed by atoms with Crippen molar-refractivity contribution in [3.05, 3.63) is 27.2 Å². The molecular formula is C16H19Cl3O4. The van der Waals surface area contributed by atoms with Crippen LogP contribution >= 0.6 is 34.8 Å². The molecule has 0 aromatic heterocycles. The van der Waals surface area contributed by atoms with E-state index in [1.807, 2.05) is 6.92 Å². The Morgan fingerprint density at radius 3 is 2.09 bits per heavy atom. The standard InChI is InChI=1S/C16H19Cl3O4/c1-4-9-22-14(20)16(5-2,6-3)15(21)23-13-11(18)8-7-10(17)12(13)19/h7-8H,4-6,9H2,1-3H3. The molecule has 0 spiro atoms. The molecule has 0 aliphatic heterocycles. The fourth-order valence-corrected chi connectivity index (χ4v) is 2.63. The molecule has 128 valence electrons. The van der Waals surface area contributed by atoms with Crippen molar-refractivity contribution in [2.24, 2.45) is 5.41 Å². The number of carbonyl (C=O) groups excluding carboxylic acids is 2. The Hall–Kier alpha value is -0.970. The van der Waals surface area contributed by atoms with Crippen molar-refractivity contribution >= 4 is 46.7 Å². The summed E-state index contributed by atoms with van der Waals surface area (Å²) in [6.07, 6.45) is 1.14. The maximum atomic E-state index is 12.6. The van der Waals surface area contributed by atoms with Gasteiger partial charge in [-0.3, -0.25) is 9.59 Å². The van der Waals surface area contributed by atoms with Crippen molar-refractivity contribution in [2.75, 3.05) is 6.61 Å². The molecule has 1 rings (SSSR count). The number of rotatable bonds is 7. The molecule has 7 heteroatoms. The molecule has 0 bridgehead atoms. The van der Waals surface area contributed by atoms with E-state index in [-0.39, 0.29) is 40.3 Å². The van der Waals surface area contributed by atoms with Crippen LogP contribution in [-0.2, 0) is 14.3 Å². The SMILES string of the molecule is CCCOC(=O)C(CC)(CC)C(=O)Oc1c(Cl)ccc(Cl)c1Cl. The van der Waals surface area contributed by atoms with E-state index in [1.54, 1.807) is 13.8 Å². The lowest BCUT2D eigenvalue weighted by Crippen LogP contribution is -2.42. The first-order chi connectivity index (χ1) is 10.8. The smallest absolute Gasteiger partial charge is 0.328 e. The first-order valence-corrected chi connectivity index (χ1v) is 8.50. The Balaban J connectivity index is 3.13. The van der Waals surface area contributed by atoms with Gasteiger partial charge in [0.2, 0.25) is 0 Å². The summed E-state index contributed by atoms with van der Waals surface area (Å²) in [6.45, 7) is 5.56. The van der Waals surface area contributed by atoms with Gasteiger partial charge >= 0.3 is 11.9 Å². The van der Waals surface area contributed by atoms with Gasteiger partial charge in [-0.05, 0) is 31.4 Å². The summed E-state index contributed by atoms with van der Waals surface area (Å²) < 4.78 is 10.5. The van der Waals surface area contributed by atoms with Gasteiger partial charge in [0, 0.05) is 0 Å². The maximum absolute atomic E-state index is 12.6. The van der Waals surface area contributed by atoms with E-state index >= 15 is 0 Å². The summed E-state index contributed by atoms with van der Waals surface area (Å²) in [5.41, 5.74) is -1.40. The summed E-state index contributed by atoms with van der Waals surface area (Å²) in [4.78, 5) is 25.0. The summed E-state index contributed by atoms with van der Waals surface area (Å²) in [5.74, 6) is -1.42. The van der Waals surface area contributed by atoms with Crippen LogP contribution < -0.4 is 4.74 Å². The number of hydrogen-bond donors (Lipinski definition) is 0. The molecule has 0 fully saturated rings. The monoisotopic (exact) mass is 380 g/mol. The molecule has 0 unspecified atom stereocenters. The Kier molecular flexibility index (Phi) is 7.65. The van der Waals surface area contributed by atoms with E-state index in [0.717, 1.165) is 0 Å². The number of ether oxygens (including phenoxy) is 2. The first-order valence-electron chi connectivity index (χ1n) is 7.37. The second-order valence-electron chi connectivity index (χ2n) is 4.99. The van der Waals surface area contributed by atoms with E-state index in [9.17, 15) is 9.59 Å². The minimum absolute atomic E-state index is 0.0237. The summed E-state index contributed by atoms with van der Waals surface area (Å²) >= 11 is 17.9. The lowest BCUT2D eigenvalue weighted by molar-refractivity contribution is -0.168. The zero-order valence-electron chi connectivity index (χ0n) is 13.3. The lowest BCUT2D eigenvalue weighted by Gasteiger charge is -2.27. The summed E-state index contributed by atoms with van der Waals surface area (Å²) in [5, 5.41) is 0.359. The quantitative estimate of drug-likeness (QED) is 0.278. The predicted octanol–water partition coefficient (Wildman–Crippen LogP) is 5.31. The Labute approximate surface area is 151 Å². The topological polar surface area (TPSA) is 52.6 Å². The van der Waals surface area contributed by atoms with E-state index in [2.05, 4.69) is 0 Å². The zero-order valence-corrected chi connectivity index (χ0v) is 15.5. The van der Waals surface area contributed by atoms with Crippen molar-refractivity contribution in [3.63, 3.8) is 0 Å². The number of carbonyl (C=O) groups is 2. The predicted molar refractivity (Wildman–Crippen MR) is 91.4 cm³/mol. The highest BCUT2D eigenvalue weighted by Gasteiger charge is 2.46. The van der Waals surface area contributed by atoms with Crippen LogP contribution in [0.4, 0.5) is 0 Å². The highest BCUT2D eigenvalue weighted by molar-refractivity contribution is 6.44. The lowest BCUT2D eigenvalue weighted by atomic mass is 9.82. The highest BCUT2D eigenvalue weighted by Crippen LogP contribution is 2.40. The third-order valence-corrected chi connectivity index (χ3v) is 4.71. The van der Waals surface area contributed by atoms with E-state index in [0.29, 0.717) is 6.42 Å². The fourth-order valence-electron chi connectivity index (χ4n) is 2.04. The second-order valence-corrected chi connectivity index (χ2v) is 6.18. The van der Waals surface area contributed by atoms with E-state index < -0.39 is 17.4 Å². The molecule has 1 aromatic carbocycles. The molecule has 0 heterocycles. The molecule has 0 amide bonds. The zero-order chi connectivity index (χ0) is 17.6.